The molecular weight excluding hydrogens is 367 g/mol. The quantitative estimate of drug-likeness (QED) is 0.422. The maximum Gasteiger partial charge on any atom is 0.206 e. The Balaban J connectivity index is 0.00000169. The van der Waals surface area contributed by atoms with Crippen LogP contribution in [0.1, 0.15) is 0 Å². The molecule has 0 saturated heterocycles. The maximum absolute atomic E-state index is 6.45. The third-order valence-electron chi connectivity index (χ3n) is 3.58. The van der Waals surface area contributed by atoms with Crippen LogP contribution < -0.4 is 5.73 Å². The zero-order valence-electron chi connectivity index (χ0n) is 12.5. The first-order valence-corrected chi connectivity index (χ1v) is 8.37. The fourth-order valence-electron chi connectivity index (χ4n) is 2.65. The number of hydrogen-bond acceptors (Lipinski definition) is 6. The molecule has 0 fully saturated rings. The SMILES string of the molecule is CSc1nccc(-c2c3c(Cl)ccnc3n3c(N)nccc23)n1.Cl. The van der Waals surface area contributed by atoms with Gasteiger partial charge in [-0.3, -0.25) is 4.40 Å². The van der Waals surface area contributed by atoms with Gasteiger partial charge in [-0.2, -0.15) is 0 Å². The van der Waals surface area contributed by atoms with Crippen LogP contribution in [0.25, 0.3) is 27.8 Å². The van der Waals surface area contributed by atoms with Gasteiger partial charge in [0.2, 0.25) is 5.95 Å². The summed E-state index contributed by atoms with van der Waals surface area (Å²) in [6.07, 6.45) is 6.99. The van der Waals surface area contributed by atoms with E-state index < -0.39 is 0 Å². The Labute approximate surface area is 152 Å². The zero-order chi connectivity index (χ0) is 16.0. The summed E-state index contributed by atoms with van der Waals surface area (Å²) < 4.78 is 1.79. The van der Waals surface area contributed by atoms with Gasteiger partial charge in [-0.1, -0.05) is 23.4 Å². The van der Waals surface area contributed by atoms with E-state index in [4.69, 9.17) is 17.3 Å². The Hall–Kier alpha value is -2.09. The predicted molar refractivity (Wildman–Crippen MR) is 100.0 cm³/mol. The number of aromatic nitrogens is 5. The molecule has 0 saturated carbocycles. The molecular formula is C15H12Cl2N6S. The van der Waals surface area contributed by atoms with Crippen LogP contribution >= 0.6 is 35.8 Å². The first-order chi connectivity index (χ1) is 11.2. The third-order valence-corrected chi connectivity index (χ3v) is 4.46. The molecule has 0 aliphatic rings. The number of pyridine rings is 1. The van der Waals surface area contributed by atoms with Gasteiger partial charge < -0.3 is 5.73 Å². The molecule has 0 bridgehead atoms. The normalized spacial score (nSPS) is 10.9. The summed E-state index contributed by atoms with van der Waals surface area (Å²) in [7, 11) is 0. The highest BCUT2D eigenvalue weighted by atomic mass is 35.5. The number of nitrogens with zero attached hydrogens (tertiary/aromatic N) is 5. The Morgan fingerprint density at radius 3 is 2.62 bits per heavy atom. The number of hydrogen-bond donors (Lipinski definition) is 1. The summed E-state index contributed by atoms with van der Waals surface area (Å²) in [6.45, 7) is 0. The Morgan fingerprint density at radius 2 is 1.83 bits per heavy atom. The molecule has 0 spiro atoms. The van der Waals surface area contributed by atoms with E-state index >= 15 is 0 Å². The lowest BCUT2D eigenvalue weighted by atomic mass is 10.1. The van der Waals surface area contributed by atoms with Crippen molar-refractivity contribution in [1.29, 1.82) is 0 Å². The Morgan fingerprint density at radius 1 is 1.08 bits per heavy atom. The number of nitrogens with two attached hydrogens (primary N) is 1. The second-order valence-electron chi connectivity index (χ2n) is 4.82. The number of fused-ring (bicyclic) bond motifs is 3. The van der Waals surface area contributed by atoms with Crippen LogP contribution in [-0.2, 0) is 0 Å². The summed E-state index contributed by atoms with van der Waals surface area (Å²) in [5.41, 5.74) is 9.23. The molecule has 4 rings (SSSR count). The van der Waals surface area contributed by atoms with E-state index in [0.717, 1.165) is 22.2 Å². The number of anilines is 1. The molecule has 0 radical (unpaired) electrons. The lowest BCUT2D eigenvalue weighted by Crippen LogP contribution is -1.99. The highest BCUT2D eigenvalue weighted by Crippen LogP contribution is 2.38. The standard InChI is InChI=1S/C15H11ClN6S.ClH/c1-23-15-20-6-3-9(21-15)12-10-4-7-19-14(17)22(10)13-11(12)8(16)2-5-18-13;/h2-7H,1H3,(H2,17,19);1H. The first kappa shape index (κ1) is 16.8. The minimum absolute atomic E-state index is 0. The Bertz CT molecular complexity index is 1050. The highest BCUT2D eigenvalue weighted by Gasteiger charge is 2.19. The van der Waals surface area contributed by atoms with Crippen molar-refractivity contribution in [3.05, 3.63) is 41.8 Å². The highest BCUT2D eigenvalue weighted by molar-refractivity contribution is 7.98. The van der Waals surface area contributed by atoms with E-state index in [1.165, 1.54) is 11.8 Å². The third kappa shape index (κ3) is 2.45. The van der Waals surface area contributed by atoms with Crippen LogP contribution in [0.3, 0.4) is 0 Å². The molecule has 0 aliphatic heterocycles. The largest absolute Gasteiger partial charge is 0.369 e. The number of nitrogen functional groups attached to an aromatic ring is 1. The topological polar surface area (TPSA) is 82.0 Å². The van der Waals surface area contributed by atoms with Crippen LogP contribution in [0.2, 0.25) is 5.02 Å². The van der Waals surface area contributed by atoms with Crippen molar-refractivity contribution in [2.45, 2.75) is 5.16 Å². The number of rotatable bonds is 2. The van der Waals surface area contributed by atoms with Crippen LogP contribution in [0.5, 0.6) is 0 Å². The van der Waals surface area contributed by atoms with E-state index in [-0.39, 0.29) is 12.4 Å². The van der Waals surface area contributed by atoms with E-state index in [1.54, 1.807) is 29.1 Å². The summed E-state index contributed by atoms with van der Waals surface area (Å²) in [5.74, 6) is 0.354. The van der Waals surface area contributed by atoms with Gasteiger partial charge in [0.1, 0.15) is 5.65 Å². The first-order valence-electron chi connectivity index (χ1n) is 6.77. The fourth-order valence-corrected chi connectivity index (χ4v) is 3.24. The van der Waals surface area contributed by atoms with E-state index in [9.17, 15) is 0 Å². The molecule has 122 valence electrons. The van der Waals surface area contributed by atoms with Gasteiger partial charge in [0.05, 0.1) is 16.2 Å². The van der Waals surface area contributed by atoms with Crippen molar-refractivity contribution in [1.82, 2.24) is 24.3 Å². The molecule has 0 atom stereocenters. The average Bonchev–Trinajstić information content (AvgIpc) is 2.92. The van der Waals surface area contributed by atoms with Crippen LogP contribution in [-0.4, -0.2) is 30.6 Å². The fraction of sp³-hybridized carbons (Fsp3) is 0.0667. The molecule has 2 N–H and O–H groups in total. The van der Waals surface area contributed by atoms with Gasteiger partial charge in [-0.15, -0.1) is 12.4 Å². The monoisotopic (exact) mass is 378 g/mol. The maximum atomic E-state index is 6.45. The second kappa shape index (κ2) is 6.43. The molecule has 0 aromatic carbocycles. The second-order valence-corrected chi connectivity index (χ2v) is 6.00. The molecule has 0 aliphatic carbocycles. The van der Waals surface area contributed by atoms with Crippen molar-refractivity contribution in [3.63, 3.8) is 0 Å². The van der Waals surface area contributed by atoms with Crippen LogP contribution in [0.4, 0.5) is 5.95 Å². The lowest BCUT2D eigenvalue weighted by molar-refractivity contribution is 0.977. The van der Waals surface area contributed by atoms with Gasteiger partial charge >= 0.3 is 0 Å². The minimum atomic E-state index is 0. The summed E-state index contributed by atoms with van der Waals surface area (Å²) in [4.78, 5) is 17.4. The van der Waals surface area contributed by atoms with Gasteiger partial charge in [-0.25, -0.2) is 19.9 Å². The van der Waals surface area contributed by atoms with E-state index in [0.29, 0.717) is 21.8 Å². The van der Waals surface area contributed by atoms with Crippen molar-refractivity contribution in [2.24, 2.45) is 0 Å². The summed E-state index contributed by atoms with van der Waals surface area (Å²) in [5, 5.41) is 2.09. The van der Waals surface area contributed by atoms with Crippen molar-refractivity contribution >= 4 is 58.3 Å². The zero-order valence-corrected chi connectivity index (χ0v) is 14.9. The van der Waals surface area contributed by atoms with E-state index in [1.807, 2.05) is 18.4 Å². The summed E-state index contributed by atoms with van der Waals surface area (Å²) >= 11 is 7.93. The van der Waals surface area contributed by atoms with Gasteiger partial charge in [0, 0.05) is 29.5 Å². The smallest absolute Gasteiger partial charge is 0.206 e. The molecule has 4 heterocycles. The molecule has 0 amide bonds. The lowest BCUT2D eigenvalue weighted by Gasteiger charge is -2.03. The van der Waals surface area contributed by atoms with Crippen molar-refractivity contribution < 1.29 is 0 Å². The predicted octanol–water partition coefficient (Wildman–Crippen LogP) is 3.72. The molecule has 9 heteroatoms. The molecule has 6 nitrogen and oxygen atoms in total. The van der Waals surface area contributed by atoms with Crippen molar-refractivity contribution in [3.8, 4) is 11.3 Å². The molecule has 4 aromatic rings. The number of halogens is 2. The van der Waals surface area contributed by atoms with Gasteiger partial charge in [0.25, 0.3) is 0 Å². The molecule has 0 unspecified atom stereocenters. The molecule has 4 aromatic heterocycles. The average molecular weight is 379 g/mol. The minimum Gasteiger partial charge on any atom is -0.369 e. The van der Waals surface area contributed by atoms with Crippen LogP contribution in [0, 0.1) is 0 Å². The van der Waals surface area contributed by atoms with Gasteiger partial charge in [-0.05, 0) is 24.5 Å². The number of thioether (sulfide) groups is 1. The summed E-state index contributed by atoms with van der Waals surface area (Å²) in [6, 6.07) is 5.49. The Kier molecular flexibility index (Phi) is 4.49. The molecule has 24 heavy (non-hydrogen) atoms. The van der Waals surface area contributed by atoms with E-state index in [2.05, 4.69) is 19.9 Å². The van der Waals surface area contributed by atoms with Gasteiger partial charge in [0.15, 0.2) is 5.16 Å². The van der Waals surface area contributed by atoms with Crippen molar-refractivity contribution in [2.75, 3.05) is 12.0 Å². The van der Waals surface area contributed by atoms with Crippen LogP contribution in [0.15, 0.2) is 41.9 Å².